The fraction of sp³-hybridized carbons (Fsp3) is 0.611. The maximum absolute atomic E-state index is 11.1. The Kier molecular flexibility index (Phi) is 8.80. The number of thioether (sulfide) groups is 4. The van der Waals surface area contributed by atoms with E-state index in [0.717, 1.165) is 16.1 Å². The molecule has 128 valence electrons. The number of hydrogen-bond donors (Lipinski definition) is 0. The molecule has 23 heavy (non-hydrogen) atoms. The lowest BCUT2D eigenvalue weighted by molar-refractivity contribution is -0.104. The highest BCUT2D eigenvalue weighted by molar-refractivity contribution is 8.34. The maximum Gasteiger partial charge on any atom is 0.157 e. The zero-order valence-corrected chi connectivity index (χ0v) is 17.5. The number of allylic oxidation sites excluding steroid dienone is 4. The molecule has 0 aromatic carbocycles. The minimum Gasteiger partial charge on any atom is -0.297 e. The third kappa shape index (κ3) is 5.65. The summed E-state index contributed by atoms with van der Waals surface area (Å²) in [6.07, 6.45) is 11.3. The van der Waals surface area contributed by atoms with Crippen molar-refractivity contribution in [3.63, 3.8) is 0 Å². The van der Waals surface area contributed by atoms with Crippen LogP contribution in [0, 0.1) is 0 Å². The van der Waals surface area contributed by atoms with Gasteiger partial charge in [-0.15, -0.1) is 0 Å². The van der Waals surface area contributed by atoms with E-state index in [-0.39, 0.29) is 0 Å². The van der Waals surface area contributed by atoms with Crippen LogP contribution < -0.4 is 0 Å². The van der Waals surface area contributed by atoms with Crippen LogP contribution in [-0.4, -0.2) is 6.29 Å². The number of carbonyl (C=O) groups is 1. The Balaban J connectivity index is 2.03. The molecule has 0 unspecified atom stereocenters. The van der Waals surface area contributed by atoms with Gasteiger partial charge >= 0.3 is 0 Å². The molecule has 5 heteroatoms. The molecule has 0 aromatic heterocycles. The standard InChI is InChI=1S/C18H26OS4/c1-4-6-8-10-14-15(11-9-7-5-2)22-18(21-14)17-20-13(3)16(12-19)23-17/h12H,4-11H2,1-3H3. The number of aldehydes is 1. The molecule has 0 radical (unpaired) electrons. The normalized spacial score (nSPS) is 18.6. The molecule has 0 fully saturated rings. The molecule has 0 spiro atoms. The lowest BCUT2D eigenvalue weighted by Crippen LogP contribution is -1.83. The van der Waals surface area contributed by atoms with Gasteiger partial charge in [0.25, 0.3) is 0 Å². The lowest BCUT2D eigenvalue weighted by atomic mass is 10.1. The molecule has 1 nitrogen and oxygen atoms in total. The molecule has 0 N–H and O–H groups in total. The van der Waals surface area contributed by atoms with Crippen LogP contribution in [0.4, 0.5) is 0 Å². The summed E-state index contributed by atoms with van der Waals surface area (Å²) >= 11 is 7.40. The quantitative estimate of drug-likeness (QED) is 0.295. The molecule has 2 aliphatic rings. The van der Waals surface area contributed by atoms with Crippen LogP contribution in [0.15, 0.2) is 28.1 Å². The minimum absolute atomic E-state index is 0.894. The van der Waals surface area contributed by atoms with E-state index in [2.05, 4.69) is 20.8 Å². The van der Waals surface area contributed by atoms with Gasteiger partial charge in [0, 0.05) is 14.7 Å². The van der Waals surface area contributed by atoms with E-state index < -0.39 is 0 Å². The van der Waals surface area contributed by atoms with E-state index in [1.165, 1.54) is 59.8 Å². The topological polar surface area (TPSA) is 17.1 Å². The predicted octanol–water partition coefficient (Wildman–Crippen LogP) is 7.88. The van der Waals surface area contributed by atoms with E-state index in [0.29, 0.717) is 0 Å². The highest BCUT2D eigenvalue weighted by Crippen LogP contribution is 2.60. The van der Waals surface area contributed by atoms with Crippen molar-refractivity contribution in [2.45, 2.75) is 72.1 Å². The lowest BCUT2D eigenvalue weighted by Gasteiger charge is -2.04. The first-order valence-corrected chi connectivity index (χ1v) is 11.8. The molecule has 0 saturated heterocycles. The fourth-order valence-corrected chi connectivity index (χ4v) is 8.07. The van der Waals surface area contributed by atoms with Crippen LogP contribution in [0.5, 0.6) is 0 Å². The third-order valence-corrected chi connectivity index (χ3v) is 9.70. The highest BCUT2D eigenvalue weighted by Gasteiger charge is 2.27. The number of unbranched alkanes of at least 4 members (excludes halogenated alkanes) is 4. The first kappa shape index (κ1) is 19.6. The second-order valence-electron chi connectivity index (χ2n) is 5.78. The summed E-state index contributed by atoms with van der Waals surface area (Å²) < 4.78 is 2.73. The maximum atomic E-state index is 11.1. The Morgan fingerprint density at radius 2 is 1.30 bits per heavy atom. The van der Waals surface area contributed by atoms with Crippen molar-refractivity contribution in [3.8, 4) is 0 Å². The van der Waals surface area contributed by atoms with Crippen LogP contribution in [0.1, 0.15) is 72.1 Å². The summed E-state index contributed by atoms with van der Waals surface area (Å²) in [6, 6.07) is 0. The van der Waals surface area contributed by atoms with Crippen molar-refractivity contribution in [2.24, 2.45) is 0 Å². The number of hydrogen-bond acceptors (Lipinski definition) is 5. The number of carbonyl (C=O) groups excluding carboxylic acids is 1. The zero-order chi connectivity index (χ0) is 16.7. The zero-order valence-electron chi connectivity index (χ0n) is 14.3. The van der Waals surface area contributed by atoms with Gasteiger partial charge in [0.15, 0.2) is 6.29 Å². The van der Waals surface area contributed by atoms with Crippen molar-refractivity contribution >= 4 is 53.3 Å². The first-order chi connectivity index (χ1) is 11.2. The van der Waals surface area contributed by atoms with Crippen molar-refractivity contribution < 1.29 is 4.79 Å². The summed E-state index contributed by atoms with van der Waals surface area (Å²) in [4.78, 5) is 16.4. The van der Waals surface area contributed by atoms with E-state index in [1.54, 1.807) is 33.3 Å². The molecule has 2 heterocycles. The molecule has 0 aromatic rings. The smallest absolute Gasteiger partial charge is 0.157 e. The average molecular weight is 387 g/mol. The summed E-state index contributed by atoms with van der Waals surface area (Å²) in [5, 5.41) is 0. The van der Waals surface area contributed by atoms with Crippen LogP contribution >= 0.6 is 47.0 Å². The summed E-state index contributed by atoms with van der Waals surface area (Å²) in [5.41, 5.74) is 0. The SMILES string of the molecule is CCCCCC1=C(CCCCC)SC(=C2SC(C)=C(C=O)S2)S1. The predicted molar refractivity (Wildman–Crippen MR) is 111 cm³/mol. The third-order valence-electron chi connectivity index (χ3n) is 3.83. The minimum atomic E-state index is 0.894. The van der Waals surface area contributed by atoms with Gasteiger partial charge in [0.1, 0.15) is 0 Å². The van der Waals surface area contributed by atoms with Gasteiger partial charge in [0.2, 0.25) is 0 Å². The van der Waals surface area contributed by atoms with E-state index >= 15 is 0 Å². The van der Waals surface area contributed by atoms with E-state index in [1.807, 2.05) is 23.5 Å². The molecule has 0 aliphatic carbocycles. The van der Waals surface area contributed by atoms with Gasteiger partial charge < -0.3 is 0 Å². The van der Waals surface area contributed by atoms with Crippen LogP contribution in [0.2, 0.25) is 0 Å². The van der Waals surface area contributed by atoms with Gasteiger partial charge in [0.05, 0.1) is 13.4 Å². The average Bonchev–Trinajstić information content (AvgIpc) is 3.11. The Morgan fingerprint density at radius 3 is 1.74 bits per heavy atom. The molecule has 2 aliphatic heterocycles. The Bertz CT molecular complexity index is 507. The van der Waals surface area contributed by atoms with E-state index in [4.69, 9.17) is 0 Å². The highest BCUT2D eigenvalue weighted by atomic mass is 32.2. The molecule has 0 bridgehead atoms. The van der Waals surface area contributed by atoms with Crippen molar-refractivity contribution in [1.29, 1.82) is 0 Å². The fourth-order valence-electron chi connectivity index (χ4n) is 2.47. The van der Waals surface area contributed by atoms with Crippen LogP contribution in [0.3, 0.4) is 0 Å². The van der Waals surface area contributed by atoms with Crippen molar-refractivity contribution in [3.05, 3.63) is 28.1 Å². The van der Waals surface area contributed by atoms with Gasteiger partial charge in [-0.25, -0.2) is 0 Å². The summed E-state index contributed by atoms with van der Waals surface area (Å²) in [7, 11) is 0. The number of rotatable bonds is 9. The van der Waals surface area contributed by atoms with Gasteiger partial charge in [-0.2, -0.15) is 0 Å². The van der Waals surface area contributed by atoms with Crippen molar-refractivity contribution in [1.82, 2.24) is 0 Å². The Labute approximate surface area is 158 Å². The Morgan fingerprint density at radius 1 is 0.783 bits per heavy atom. The van der Waals surface area contributed by atoms with Gasteiger partial charge in [-0.1, -0.05) is 86.6 Å². The second kappa shape index (κ2) is 10.3. The molecule has 0 saturated carbocycles. The monoisotopic (exact) mass is 386 g/mol. The van der Waals surface area contributed by atoms with Gasteiger partial charge in [-0.05, 0) is 32.6 Å². The molecular weight excluding hydrogens is 360 g/mol. The van der Waals surface area contributed by atoms with Gasteiger partial charge in [-0.3, -0.25) is 4.79 Å². The second-order valence-corrected chi connectivity index (χ2v) is 10.8. The molecule has 2 rings (SSSR count). The Hall–Kier alpha value is 0.290. The van der Waals surface area contributed by atoms with Crippen molar-refractivity contribution in [2.75, 3.05) is 0 Å². The summed E-state index contributed by atoms with van der Waals surface area (Å²) in [6.45, 7) is 6.58. The largest absolute Gasteiger partial charge is 0.297 e. The molecular formula is C18H26OS4. The van der Waals surface area contributed by atoms with Crippen LogP contribution in [0.25, 0.3) is 0 Å². The molecule has 0 atom stereocenters. The van der Waals surface area contributed by atoms with E-state index in [9.17, 15) is 4.79 Å². The first-order valence-electron chi connectivity index (χ1n) is 8.53. The van der Waals surface area contributed by atoms with Crippen LogP contribution in [-0.2, 0) is 4.79 Å². The summed E-state index contributed by atoms with van der Waals surface area (Å²) in [5.74, 6) is 0. The molecule has 0 amide bonds.